The molecule has 1 nitrogen and oxygen atoms in total. The molecule has 1 aromatic rings. The van der Waals surface area contributed by atoms with E-state index >= 15 is 0 Å². The van der Waals surface area contributed by atoms with Crippen LogP contribution in [0.5, 0.6) is 0 Å². The number of hydrogen-bond acceptors (Lipinski definition) is 1. The Labute approximate surface area is 89.5 Å². The molecule has 0 aromatic heterocycles. The maximum absolute atomic E-state index is 13.3. The zero-order valence-corrected chi connectivity index (χ0v) is 9.19. The van der Waals surface area contributed by atoms with Crippen LogP contribution in [0.25, 0.3) is 0 Å². The van der Waals surface area contributed by atoms with Gasteiger partial charge in [0.25, 0.3) is 0 Å². The van der Waals surface area contributed by atoms with Crippen molar-refractivity contribution in [3.05, 3.63) is 35.4 Å². The molecule has 1 N–H and O–H groups in total. The molecule has 0 amide bonds. The van der Waals surface area contributed by atoms with Crippen molar-refractivity contribution in [2.45, 2.75) is 32.7 Å². The lowest BCUT2D eigenvalue weighted by atomic mass is 10.1. The fourth-order valence-corrected chi connectivity index (χ4v) is 1.50. The van der Waals surface area contributed by atoms with Gasteiger partial charge < -0.3 is 5.32 Å². The van der Waals surface area contributed by atoms with E-state index in [0.717, 1.165) is 19.0 Å². The van der Waals surface area contributed by atoms with Gasteiger partial charge in [-0.25, -0.2) is 8.78 Å². The Balaban J connectivity index is 2.60. The van der Waals surface area contributed by atoms with Gasteiger partial charge in [-0.05, 0) is 37.9 Å². The van der Waals surface area contributed by atoms with Crippen LogP contribution in [-0.4, -0.2) is 12.6 Å². The van der Waals surface area contributed by atoms with Crippen LogP contribution >= 0.6 is 0 Å². The van der Waals surface area contributed by atoms with E-state index in [-0.39, 0.29) is 6.04 Å². The Morgan fingerprint density at radius 2 is 2.07 bits per heavy atom. The van der Waals surface area contributed by atoms with Crippen LogP contribution in [0.4, 0.5) is 8.78 Å². The minimum absolute atomic E-state index is 0.168. The van der Waals surface area contributed by atoms with E-state index < -0.39 is 11.6 Å². The van der Waals surface area contributed by atoms with Crippen LogP contribution in [0.15, 0.2) is 18.2 Å². The Morgan fingerprint density at radius 1 is 1.33 bits per heavy atom. The van der Waals surface area contributed by atoms with Gasteiger partial charge in [-0.2, -0.15) is 0 Å². The fraction of sp³-hybridized carbons (Fsp3) is 0.500. The van der Waals surface area contributed by atoms with Crippen LogP contribution in [0.1, 0.15) is 25.8 Å². The van der Waals surface area contributed by atoms with Crippen LogP contribution in [-0.2, 0) is 6.42 Å². The first-order valence-corrected chi connectivity index (χ1v) is 5.31. The Hall–Kier alpha value is -0.960. The summed E-state index contributed by atoms with van der Waals surface area (Å²) in [5.41, 5.74) is 0.436. The largest absolute Gasteiger partial charge is 0.314 e. The van der Waals surface area contributed by atoms with Gasteiger partial charge in [-0.1, -0.05) is 19.1 Å². The van der Waals surface area contributed by atoms with Crippen molar-refractivity contribution < 1.29 is 8.78 Å². The summed E-state index contributed by atoms with van der Waals surface area (Å²) in [5.74, 6) is -1.49. The topological polar surface area (TPSA) is 12.0 Å². The standard InChI is InChI=1S/C12H17F2N/c1-3-7-15-9(2)8-10-5-4-6-11(13)12(10)14/h4-6,9,15H,3,7-8H2,1-2H3. The molecular formula is C12H17F2N. The molecule has 1 aromatic carbocycles. The minimum atomic E-state index is -0.768. The molecule has 0 spiro atoms. The maximum atomic E-state index is 13.3. The molecule has 0 radical (unpaired) electrons. The van der Waals surface area contributed by atoms with Crippen LogP contribution in [0.3, 0.4) is 0 Å². The second-order valence-corrected chi connectivity index (χ2v) is 3.77. The Bertz CT molecular complexity index is 312. The van der Waals surface area contributed by atoms with Gasteiger partial charge in [-0.3, -0.25) is 0 Å². The molecule has 0 fully saturated rings. The molecule has 0 saturated carbocycles. The predicted molar refractivity (Wildman–Crippen MR) is 57.8 cm³/mol. The second-order valence-electron chi connectivity index (χ2n) is 3.77. The first kappa shape index (κ1) is 12.1. The van der Waals surface area contributed by atoms with Gasteiger partial charge in [0.1, 0.15) is 0 Å². The van der Waals surface area contributed by atoms with E-state index in [1.807, 2.05) is 6.92 Å². The van der Waals surface area contributed by atoms with Crippen LogP contribution in [0.2, 0.25) is 0 Å². The summed E-state index contributed by atoms with van der Waals surface area (Å²) in [4.78, 5) is 0. The van der Waals surface area contributed by atoms with Crippen molar-refractivity contribution in [3.8, 4) is 0 Å². The van der Waals surface area contributed by atoms with E-state index in [2.05, 4.69) is 12.2 Å². The first-order valence-electron chi connectivity index (χ1n) is 5.31. The van der Waals surface area contributed by atoms with Gasteiger partial charge in [0.15, 0.2) is 11.6 Å². The molecule has 1 atom stereocenters. The molecule has 84 valence electrons. The highest BCUT2D eigenvalue weighted by molar-refractivity contribution is 5.19. The monoisotopic (exact) mass is 213 g/mol. The summed E-state index contributed by atoms with van der Waals surface area (Å²) in [6.07, 6.45) is 1.56. The summed E-state index contributed by atoms with van der Waals surface area (Å²) < 4.78 is 26.2. The molecule has 0 saturated heterocycles. The molecular weight excluding hydrogens is 196 g/mol. The quantitative estimate of drug-likeness (QED) is 0.793. The zero-order valence-electron chi connectivity index (χ0n) is 9.19. The van der Waals surface area contributed by atoms with Crippen LogP contribution < -0.4 is 5.32 Å². The summed E-state index contributed by atoms with van der Waals surface area (Å²) in [6, 6.07) is 4.48. The van der Waals surface area contributed by atoms with Crippen molar-refractivity contribution in [1.29, 1.82) is 0 Å². The van der Waals surface area contributed by atoms with Gasteiger partial charge in [0.2, 0.25) is 0 Å². The zero-order chi connectivity index (χ0) is 11.3. The first-order chi connectivity index (χ1) is 7.15. The number of hydrogen-bond donors (Lipinski definition) is 1. The molecule has 15 heavy (non-hydrogen) atoms. The third-order valence-corrected chi connectivity index (χ3v) is 2.30. The van der Waals surface area contributed by atoms with E-state index in [9.17, 15) is 8.78 Å². The lowest BCUT2D eigenvalue weighted by molar-refractivity contribution is 0.482. The third-order valence-electron chi connectivity index (χ3n) is 2.30. The SMILES string of the molecule is CCCNC(C)Cc1cccc(F)c1F. The number of rotatable bonds is 5. The van der Waals surface area contributed by atoms with Gasteiger partial charge in [0.05, 0.1) is 0 Å². The van der Waals surface area contributed by atoms with E-state index in [4.69, 9.17) is 0 Å². The summed E-state index contributed by atoms with van der Waals surface area (Å²) in [7, 11) is 0. The number of nitrogens with one attached hydrogen (secondary N) is 1. The fourth-order valence-electron chi connectivity index (χ4n) is 1.50. The smallest absolute Gasteiger partial charge is 0.162 e. The third kappa shape index (κ3) is 3.59. The van der Waals surface area contributed by atoms with Gasteiger partial charge in [0, 0.05) is 6.04 Å². The summed E-state index contributed by atoms with van der Waals surface area (Å²) in [5, 5.41) is 3.24. The highest BCUT2D eigenvalue weighted by Gasteiger charge is 2.10. The number of benzene rings is 1. The molecule has 0 bridgehead atoms. The normalized spacial score (nSPS) is 12.8. The van der Waals surface area contributed by atoms with Gasteiger partial charge in [-0.15, -0.1) is 0 Å². The van der Waals surface area contributed by atoms with E-state index in [1.165, 1.54) is 0 Å². The van der Waals surface area contributed by atoms with E-state index in [1.54, 1.807) is 12.1 Å². The van der Waals surface area contributed by atoms with Gasteiger partial charge >= 0.3 is 0 Å². The molecule has 1 rings (SSSR count). The van der Waals surface area contributed by atoms with Crippen molar-refractivity contribution >= 4 is 0 Å². The molecule has 0 heterocycles. The van der Waals surface area contributed by atoms with Crippen molar-refractivity contribution in [2.24, 2.45) is 0 Å². The summed E-state index contributed by atoms with van der Waals surface area (Å²) >= 11 is 0. The maximum Gasteiger partial charge on any atom is 0.162 e. The molecule has 0 aliphatic heterocycles. The summed E-state index contributed by atoms with van der Waals surface area (Å²) in [6.45, 7) is 4.95. The van der Waals surface area contributed by atoms with Crippen molar-refractivity contribution in [3.63, 3.8) is 0 Å². The average Bonchev–Trinajstić information content (AvgIpc) is 2.22. The molecule has 3 heteroatoms. The minimum Gasteiger partial charge on any atom is -0.314 e. The highest BCUT2D eigenvalue weighted by atomic mass is 19.2. The van der Waals surface area contributed by atoms with E-state index in [0.29, 0.717) is 12.0 Å². The Kier molecular flexibility index (Phi) is 4.69. The predicted octanol–water partition coefficient (Wildman–Crippen LogP) is 2.90. The van der Waals surface area contributed by atoms with Crippen molar-refractivity contribution in [1.82, 2.24) is 5.32 Å². The molecule has 1 unspecified atom stereocenters. The van der Waals surface area contributed by atoms with Crippen LogP contribution in [0, 0.1) is 11.6 Å². The lowest BCUT2D eigenvalue weighted by Gasteiger charge is -2.13. The molecule has 0 aliphatic rings. The second kappa shape index (κ2) is 5.81. The lowest BCUT2D eigenvalue weighted by Crippen LogP contribution is -2.29. The van der Waals surface area contributed by atoms with Crippen molar-refractivity contribution in [2.75, 3.05) is 6.54 Å². The molecule has 0 aliphatic carbocycles. The highest BCUT2D eigenvalue weighted by Crippen LogP contribution is 2.13. The number of halogens is 2. The Morgan fingerprint density at radius 3 is 2.73 bits per heavy atom. The average molecular weight is 213 g/mol.